The maximum Gasteiger partial charge on any atom is 0.294 e. The van der Waals surface area contributed by atoms with Gasteiger partial charge < -0.3 is 15.0 Å². The van der Waals surface area contributed by atoms with Crippen LogP contribution in [0.15, 0.2) is 21.9 Å². The Kier molecular flexibility index (Phi) is 6.14. The van der Waals surface area contributed by atoms with Crippen LogP contribution in [0.3, 0.4) is 0 Å². The molecule has 0 saturated heterocycles. The molecule has 1 aromatic rings. The van der Waals surface area contributed by atoms with Crippen LogP contribution in [0.5, 0.6) is 0 Å². The molecule has 18 heteroatoms. The first kappa shape index (κ1) is 21.8. The number of nitrogens with zero attached hydrogens (tertiary/aromatic N) is 3. The average molecular weight is 462 g/mol. The molecule has 156 valence electrons. The van der Waals surface area contributed by atoms with Crippen molar-refractivity contribution in [1.29, 1.82) is 0 Å². The summed E-state index contributed by atoms with van der Waals surface area (Å²) in [5.74, 6) is 0. The first-order valence-electron chi connectivity index (χ1n) is 7.01. The Morgan fingerprint density at radius 2 is 1.96 bits per heavy atom. The zero-order valence-corrected chi connectivity index (χ0v) is 15.9. The topological polar surface area (TPSA) is 214 Å². The van der Waals surface area contributed by atoms with E-state index in [-0.39, 0.29) is 10.7 Å². The summed E-state index contributed by atoms with van der Waals surface area (Å²) in [4.78, 5) is 27.8. The van der Waals surface area contributed by atoms with E-state index in [9.17, 15) is 37.1 Å². The summed E-state index contributed by atoms with van der Waals surface area (Å²) >= 11 is 5.80. The van der Waals surface area contributed by atoms with Crippen LogP contribution in [0.4, 0.5) is 5.69 Å². The van der Waals surface area contributed by atoms with E-state index < -0.39 is 65.9 Å². The van der Waals surface area contributed by atoms with Crippen LogP contribution in [-0.2, 0) is 29.7 Å². The number of primary sulfonamides is 1. The van der Waals surface area contributed by atoms with E-state index in [1.807, 2.05) is 0 Å². The van der Waals surface area contributed by atoms with Crippen LogP contribution < -0.4 is 10.5 Å². The molecule has 0 radical (unpaired) electrons. The van der Waals surface area contributed by atoms with Gasteiger partial charge in [0, 0.05) is 6.54 Å². The molecule has 3 N–H and O–H groups in total. The van der Waals surface area contributed by atoms with E-state index >= 15 is 0 Å². The summed E-state index contributed by atoms with van der Waals surface area (Å²) in [6.45, 7) is -2.04. The molecule has 15 nitrogen and oxygen atoms in total. The molecule has 0 bridgehead atoms. The number of sulfonamides is 2. The van der Waals surface area contributed by atoms with Crippen LogP contribution in [0.1, 0.15) is 0 Å². The Bertz CT molecular complexity index is 1010. The monoisotopic (exact) mass is 461 g/mol. The second-order valence-electron chi connectivity index (χ2n) is 5.27. The van der Waals surface area contributed by atoms with Crippen molar-refractivity contribution in [2.75, 3.05) is 25.1 Å². The van der Waals surface area contributed by atoms with Gasteiger partial charge in [-0.3, -0.25) is 0 Å². The number of fused-ring (bicyclic) bond motifs is 1. The van der Waals surface area contributed by atoms with Crippen LogP contribution in [-0.4, -0.2) is 57.2 Å². The lowest BCUT2D eigenvalue weighted by Crippen LogP contribution is -2.46. The maximum atomic E-state index is 12.8. The molecular weight excluding hydrogens is 450 g/mol. The van der Waals surface area contributed by atoms with Crippen molar-refractivity contribution in [1.82, 2.24) is 4.31 Å². The van der Waals surface area contributed by atoms with Crippen LogP contribution >= 0.6 is 11.6 Å². The van der Waals surface area contributed by atoms with Gasteiger partial charge >= 0.3 is 0 Å². The van der Waals surface area contributed by atoms with Crippen LogP contribution in [0.25, 0.3) is 0 Å². The zero-order chi connectivity index (χ0) is 21.3. The molecule has 0 fully saturated rings. The molecule has 28 heavy (non-hydrogen) atoms. The summed E-state index contributed by atoms with van der Waals surface area (Å²) in [6, 6.07) is 1.78. The standard InChI is InChI=1S/C10H12ClN5O10S2/c11-7-1-8-10(2-9(7)27(12,21)22)28(23,24)14(5-13-8)3-6(26-16(19)20)4-25-15(17)18/h1-2,6,13H,3-5H2,(H2,12,21,22)/t6-/m0/s1. The molecule has 1 heterocycles. The number of anilines is 1. The largest absolute Gasteiger partial charge is 0.370 e. The molecule has 0 saturated carbocycles. The molecule has 1 aliphatic rings. The molecule has 0 amide bonds. The van der Waals surface area contributed by atoms with Crippen LogP contribution in [0, 0.1) is 20.2 Å². The maximum absolute atomic E-state index is 12.8. The summed E-state index contributed by atoms with van der Waals surface area (Å²) < 4.78 is 49.3. The number of halogens is 1. The van der Waals surface area contributed by atoms with Crippen molar-refractivity contribution in [3.8, 4) is 0 Å². The highest BCUT2D eigenvalue weighted by Gasteiger charge is 2.36. The molecule has 1 atom stereocenters. The van der Waals surface area contributed by atoms with Gasteiger partial charge in [0.2, 0.25) is 20.0 Å². The lowest BCUT2D eigenvalue weighted by molar-refractivity contribution is -0.789. The highest BCUT2D eigenvalue weighted by Crippen LogP contribution is 2.35. The van der Waals surface area contributed by atoms with Gasteiger partial charge in [-0.05, 0) is 12.1 Å². The lowest BCUT2D eigenvalue weighted by atomic mass is 10.3. The zero-order valence-electron chi connectivity index (χ0n) is 13.5. The number of rotatable bonds is 8. The minimum Gasteiger partial charge on any atom is -0.370 e. The fourth-order valence-electron chi connectivity index (χ4n) is 2.27. The third kappa shape index (κ3) is 4.87. The van der Waals surface area contributed by atoms with E-state index in [1.165, 1.54) is 0 Å². The van der Waals surface area contributed by atoms with Gasteiger partial charge in [-0.25, -0.2) is 22.0 Å². The number of nitrogens with two attached hydrogens (primary N) is 1. The lowest BCUT2D eigenvalue weighted by Gasteiger charge is -2.31. The summed E-state index contributed by atoms with van der Waals surface area (Å²) in [5, 5.41) is 25.6. The van der Waals surface area contributed by atoms with Crippen molar-refractivity contribution in [2.45, 2.75) is 15.9 Å². The van der Waals surface area contributed by atoms with E-state index in [2.05, 4.69) is 15.0 Å². The first-order chi connectivity index (χ1) is 12.8. The number of hydrogen-bond acceptors (Lipinski definition) is 11. The van der Waals surface area contributed by atoms with Crippen molar-refractivity contribution in [3.05, 3.63) is 37.4 Å². The molecular formula is C10H12ClN5O10S2. The Hall–Kier alpha value is -2.47. The molecule has 1 aliphatic heterocycles. The van der Waals surface area contributed by atoms with E-state index in [1.54, 1.807) is 0 Å². The van der Waals surface area contributed by atoms with Crippen molar-refractivity contribution < 1.29 is 36.7 Å². The van der Waals surface area contributed by atoms with Crippen molar-refractivity contribution >= 4 is 37.3 Å². The predicted octanol–water partition coefficient (Wildman–Crippen LogP) is -0.854. The van der Waals surface area contributed by atoms with Crippen molar-refractivity contribution in [2.24, 2.45) is 5.14 Å². The second-order valence-corrected chi connectivity index (χ2v) is 9.11. The minimum absolute atomic E-state index is 0.0260. The SMILES string of the molecule is NS(=O)(=O)c1cc2c(cc1Cl)NCN(C[C@@H](CO[N+](=O)[O-])O[N+](=O)[O-])S2(=O)=O. The van der Waals surface area contributed by atoms with Gasteiger partial charge in [0.15, 0.2) is 0 Å². The predicted molar refractivity (Wildman–Crippen MR) is 90.0 cm³/mol. The Balaban J connectivity index is 2.37. The third-order valence-corrected chi connectivity index (χ3v) is 6.64. The fraction of sp³-hybridized carbons (Fsp3) is 0.400. The quantitative estimate of drug-likeness (QED) is 0.358. The molecule has 0 aliphatic carbocycles. The average Bonchev–Trinajstić information content (AvgIpc) is 2.53. The van der Waals surface area contributed by atoms with Gasteiger partial charge in [-0.1, -0.05) is 11.6 Å². The summed E-state index contributed by atoms with van der Waals surface area (Å²) in [5.41, 5.74) is -0.0260. The van der Waals surface area contributed by atoms with E-state index in [0.717, 1.165) is 12.1 Å². The van der Waals surface area contributed by atoms with Crippen LogP contribution in [0.2, 0.25) is 5.02 Å². The second kappa shape index (κ2) is 7.87. The highest BCUT2D eigenvalue weighted by molar-refractivity contribution is 7.90. The first-order valence-corrected chi connectivity index (χ1v) is 10.4. The summed E-state index contributed by atoms with van der Waals surface area (Å²) in [7, 11) is -8.73. The van der Waals surface area contributed by atoms with E-state index in [0.29, 0.717) is 4.31 Å². The van der Waals surface area contributed by atoms with Gasteiger partial charge in [0.1, 0.15) is 22.5 Å². The molecule has 1 aromatic carbocycles. The smallest absolute Gasteiger partial charge is 0.294 e. The fourth-order valence-corrected chi connectivity index (χ4v) is 5.00. The number of nitrogens with one attached hydrogen (secondary N) is 1. The van der Waals surface area contributed by atoms with Gasteiger partial charge in [-0.15, -0.1) is 20.2 Å². The number of benzene rings is 1. The minimum atomic E-state index is -4.39. The third-order valence-electron chi connectivity index (χ3n) is 3.41. The normalized spacial score (nSPS) is 17.1. The van der Waals surface area contributed by atoms with Crippen molar-refractivity contribution in [3.63, 3.8) is 0 Å². The Labute approximate surface area is 162 Å². The molecule has 0 aromatic heterocycles. The number of hydrogen-bond donors (Lipinski definition) is 2. The summed E-state index contributed by atoms with van der Waals surface area (Å²) in [6.07, 6.45) is -1.64. The Morgan fingerprint density at radius 1 is 1.32 bits per heavy atom. The van der Waals surface area contributed by atoms with Gasteiger partial charge in [0.05, 0.1) is 17.4 Å². The Morgan fingerprint density at radius 3 is 2.50 bits per heavy atom. The van der Waals surface area contributed by atoms with Gasteiger partial charge in [0.25, 0.3) is 10.2 Å². The molecule has 0 spiro atoms. The highest BCUT2D eigenvalue weighted by atomic mass is 35.5. The molecule has 0 unspecified atom stereocenters. The van der Waals surface area contributed by atoms with E-state index in [4.69, 9.17) is 16.7 Å². The van der Waals surface area contributed by atoms with Gasteiger partial charge in [-0.2, -0.15) is 4.31 Å². The molecule has 2 rings (SSSR count).